The van der Waals surface area contributed by atoms with Crippen molar-refractivity contribution in [1.29, 1.82) is 0 Å². The molecule has 66 valence electrons. The van der Waals surface area contributed by atoms with E-state index in [9.17, 15) is 0 Å². The molecule has 0 aliphatic carbocycles. The van der Waals surface area contributed by atoms with Gasteiger partial charge in [-0.1, -0.05) is 0 Å². The minimum atomic E-state index is 0.0640. The van der Waals surface area contributed by atoms with Crippen LogP contribution in [0.25, 0.3) is 0 Å². The summed E-state index contributed by atoms with van der Waals surface area (Å²) >= 11 is 0. The highest BCUT2D eigenvalue weighted by atomic mass is 16.3. The number of aromatic hydroxyl groups is 1. The summed E-state index contributed by atoms with van der Waals surface area (Å²) in [7, 11) is 0. The van der Waals surface area contributed by atoms with E-state index in [1.54, 1.807) is 18.2 Å². The van der Waals surface area contributed by atoms with Crippen molar-refractivity contribution in [2.75, 3.05) is 5.73 Å². The Morgan fingerprint density at radius 1 is 1.50 bits per heavy atom. The molecule has 0 radical (unpaired) electrons. The van der Waals surface area contributed by atoms with Gasteiger partial charge >= 0.3 is 0 Å². The Labute approximate surface area is 72.0 Å². The summed E-state index contributed by atoms with van der Waals surface area (Å²) in [4.78, 5) is 0. The lowest BCUT2D eigenvalue weighted by atomic mass is 10.1. The molecule has 0 bridgehead atoms. The maximum atomic E-state index is 9.15. The van der Waals surface area contributed by atoms with E-state index < -0.39 is 0 Å². The first-order chi connectivity index (χ1) is 5.59. The van der Waals surface area contributed by atoms with E-state index in [0.717, 1.165) is 5.56 Å². The minimum Gasteiger partial charge on any atom is -0.508 e. The first-order valence-electron chi connectivity index (χ1n) is 3.92. The van der Waals surface area contributed by atoms with Crippen LogP contribution in [0.5, 0.6) is 5.75 Å². The van der Waals surface area contributed by atoms with Gasteiger partial charge in [0.15, 0.2) is 0 Å². The van der Waals surface area contributed by atoms with Gasteiger partial charge in [-0.25, -0.2) is 0 Å². The molecule has 1 atom stereocenters. The summed E-state index contributed by atoms with van der Waals surface area (Å²) in [5.74, 6) is 0.236. The van der Waals surface area contributed by atoms with Crippen LogP contribution in [-0.2, 0) is 6.42 Å². The van der Waals surface area contributed by atoms with Crippen LogP contribution in [0, 0.1) is 0 Å². The van der Waals surface area contributed by atoms with Gasteiger partial charge in [0.05, 0.1) is 0 Å². The second-order valence-electron chi connectivity index (χ2n) is 3.06. The first-order valence-corrected chi connectivity index (χ1v) is 3.92. The quantitative estimate of drug-likeness (QED) is 0.451. The number of phenols is 1. The Morgan fingerprint density at radius 2 is 2.17 bits per heavy atom. The van der Waals surface area contributed by atoms with Crippen LogP contribution in [0.1, 0.15) is 12.5 Å². The molecular weight excluding hydrogens is 152 g/mol. The number of rotatable bonds is 2. The first kappa shape index (κ1) is 8.87. The molecule has 3 heteroatoms. The van der Waals surface area contributed by atoms with E-state index in [1.807, 2.05) is 6.92 Å². The van der Waals surface area contributed by atoms with Gasteiger partial charge in [0.1, 0.15) is 5.75 Å². The number of nitrogen functional groups attached to an aromatic ring is 1. The predicted molar refractivity (Wildman–Crippen MR) is 49.9 cm³/mol. The highest BCUT2D eigenvalue weighted by Crippen LogP contribution is 2.19. The molecule has 0 unspecified atom stereocenters. The lowest BCUT2D eigenvalue weighted by molar-refractivity contribution is 0.474. The molecular formula is C9H14N2O. The summed E-state index contributed by atoms with van der Waals surface area (Å²) in [5.41, 5.74) is 12.9. The van der Waals surface area contributed by atoms with Gasteiger partial charge in [-0.15, -0.1) is 0 Å². The van der Waals surface area contributed by atoms with E-state index in [-0.39, 0.29) is 11.8 Å². The van der Waals surface area contributed by atoms with Crippen LogP contribution in [0.4, 0.5) is 5.69 Å². The molecule has 0 fully saturated rings. The summed E-state index contributed by atoms with van der Waals surface area (Å²) in [6.45, 7) is 1.91. The third-order valence-electron chi connectivity index (χ3n) is 1.67. The van der Waals surface area contributed by atoms with Crippen LogP contribution in [0.2, 0.25) is 0 Å². The van der Waals surface area contributed by atoms with E-state index in [0.29, 0.717) is 12.1 Å². The summed E-state index contributed by atoms with van der Waals surface area (Å²) in [6, 6.07) is 4.97. The van der Waals surface area contributed by atoms with Gasteiger partial charge in [-0.05, 0) is 37.1 Å². The molecule has 0 amide bonds. The molecule has 5 N–H and O–H groups in total. The van der Waals surface area contributed by atoms with Crippen molar-refractivity contribution in [1.82, 2.24) is 0 Å². The zero-order valence-corrected chi connectivity index (χ0v) is 7.12. The largest absolute Gasteiger partial charge is 0.508 e. The second kappa shape index (κ2) is 3.45. The van der Waals surface area contributed by atoms with Crippen LogP contribution in [0.3, 0.4) is 0 Å². The molecule has 0 saturated heterocycles. The molecule has 0 spiro atoms. The average Bonchev–Trinajstić information content (AvgIpc) is 1.96. The van der Waals surface area contributed by atoms with Gasteiger partial charge in [0.25, 0.3) is 0 Å². The fraction of sp³-hybridized carbons (Fsp3) is 0.333. The lowest BCUT2D eigenvalue weighted by Crippen LogP contribution is -2.18. The number of anilines is 1. The number of hydrogen-bond donors (Lipinski definition) is 3. The Balaban J connectivity index is 2.90. The molecule has 0 heterocycles. The summed E-state index contributed by atoms with van der Waals surface area (Å²) < 4.78 is 0. The topological polar surface area (TPSA) is 72.3 Å². The van der Waals surface area contributed by atoms with Gasteiger partial charge in [-0.2, -0.15) is 0 Å². The molecule has 0 aliphatic heterocycles. The van der Waals surface area contributed by atoms with E-state index in [1.165, 1.54) is 0 Å². The fourth-order valence-corrected chi connectivity index (χ4v) is 1.12. The Hall–Kier alpha value is -1.22. The Bertz CT molecular complexity index is 271. The van der Waals surface area contributed by atoms with Crippen molar-refractivity contribution in [2.24, 2.45) is 5.73 Å². The lowest BCUT2D eigenvalue weighted by Gasteiger charge is -2.08. The molecule has 3 nitrogen and oxygen atoms in total. The second-order valence-corrected chi connectivity index (χ2v) is 3.06. The van der Waals surface area contributed by atoms with E-state index in [4.69, 9.17) is 16.6 Å². The van der Waals surface area contributed by atoms with E-state index in [2.05, 4.69) is 0 Å². The predicted octanol–water partition coefficient (Wildman–Crippen LogP) is 0.864. The molecule has 12 heavy (non-hydrogen) atoms. The smallest absolute Gasteiger partial charge is 0.116 e. The van der Waals surface area contributed by atoms with Crippen LogP contribution in [0.15, 0.2) is 18.2 Å². The van der Waals surface area contributed by atoms with Crippen molar-refractivity contribution in [3.63, 3.8) is 0 Å². The van der Waals surface area contributed by atoms with Gasteiger partial charge in [0.2, 0.25) is 0 Å². The fourth-order valence-electron chi connectivity index (χ4n) is 1.12. The van der Waals surface area contributed by atoms with Crippen LogP contribution < -0.4 is 11.5 Å². The van der Waals surface area contributed by atoms with Crippen LogP contribution >= 0.6 is 0 Å². The highest BCUT2D eigenvalue weighted by molar-refractivity contribution is 5.50. The Morgan fingerprint density at radius 3 is 2.75 bits per heavy atom. The van der Waals surface area contributed by atoms with Gasteiger partial charge < -0.3 is 16.6 Å². The summed E-state index contributed by atoms with van der Waals surface area (Å²) in [5, 5.41) is 9.15. The molecule has 1 rings (SSSR count). The standard InChI is InChI=1S/C9H14N2O/c1-6(10)4-7-5-8(12)2-3-9(7)11/h2-3,5-6,12H,4,10-11H2,1H3/t6-/m1/s1. The monoisotopic (exact) mass is 166 g/mol. The van der Waals surface area contributed by atoms with Crippen molar-refractivity contribution >= 4 is 5.69 Å². The number of hydrogen-bond acceptors (Lipinski definition) is 3. The number of phenolic OH excluding ortho intramolecular Hbond substituents is 1. The van der Waals surface area contributed by atoms with Crippen molar-refractivity contribution in [2.45, 2.75) is 19.4 Å². The van der Waals surface area contributed by atoms with Crippen molar-refractivity contribution in [3.8, 4) is 5.75 Å². The van der Waals surface area contributed by atoms with Crippen LogP contribution in [-0.4, -0.2) is 11.1 Å². The molecule has 0 saturated carbocycles. The number of nitrogens with two attached hydrogens (primary N) is 2. The maximum Gasteiger partial charge on any atom is 0.116 e. The minimum absolute atomic E-state index is 0.0640. The van der Waals surface area contributed by atoms with E-state index >= 15 is 0 Å². The average molecular weight is 166 g/mol. The molecule has 0 aliphatic rings. The van der Waals surface area contributed by atoms with Crippen molar-refractivity contribution < 1.29 is 5.11 Å². The Kier molecular flexibility index (Phi) is 2.55. The van der Waals surface area contributed by atoms with Crippen molar-refractivity contribution in [3.05, 3.63) is 23.8 Å². The third kappa shape index (κ3) is 2.13. The molecule has 1 aromatic rings. The zero-order valence-electron chi connectivity index (χ0n) is 7.12. The highest BCUT2D eigenvalue weighted by Gasteiger charge is 2.02. The van der Waals surface area contributed by atoms with Gasteiger partial charge in [-0.3, -0.25) is 0 Å². The normalized spacial score (nSPS) is 12.8. The number of benzene rings is 1. The molecule has 1 aromatic carbocycles. The SMILES string of the molecule is C[C@@H](N)Cc1cc(O)ccc1N. The van der Waals surface area contributed by atoms with Gasteiger partial charge in [0, 0.05) is 11.7 Å². The third-order valence-corrected chi connectivity index (χ3v) is 1.67. The summed E-state index contributed by atoms with van der Waals surface area (Å²) in [6.07, 6.45) is 0.695. The zero-order chi connectivity index (χ0) is 9.14. The maximum absolute atomic E-state index is 9.15. The molecule has 0 aromatic heterocycles.